The van der Waals surface area contributed by atoms with E-state index in [1.807, 2.05) is 6.07 Å². The Balaban J connectivity index is 1.08. The smallest absolute Gasteiger partial charge is 0.240 e. The van der Waals surface area contributed by atoms with Crippen molar-refractivity contribution in [3.05, 3.63) is 66.2 Å². The van der Waals surface area contributed by atoms with Crippen LogP contribution in [0.3, 0.4) is 0 Å². The lowest BCUT2D eigenvalue weighted by Gasteiger charge is -2.51. The van der Waals surface area contributed by atoms with Gasteiger partial charge in [0.05, 0.1) is 4.90 Å². The van der Waals surface area contributed by atoms with Crippen molar-refractivity contribution in [1.29, 1.82) is 0 Å². The number of fused-ring (bicyclic) bond motifs is 3. The highest BCUT2D eigenvalue weighted by molar-refractivity contribution is 7.89. The first-order chi connectivity index (χ1) is 16.1. The van der Waals surface area contributed by atoms with Crippen molar-refractivity contribution in [2.75, 3.05) is 39.3 Å². The molecule has 0 aliphatic carbocycles. The van der Waals surface area contributed by atoms with Crippen LogP contribution in [-0.4, -0.2) is 63.5 Å². The zero-order chi connectivity index (χ0) is 22.7. The lowest BCUT2D eigenvalue weighted by atomic mass is 9.75. The van der Waals surface area contributed by atoms with Gasteiger partial charge in [-0.15, -0.1) is 0 Å². The molecule has 4 fully saturated rings. The fourth-order valence-electron chi connectivity index (χ4n) is 6.21. The van der Waals surface area contributed by atoms with Crippen LogP contribution in [0, 0.1) is 17.8 Å². The number of hydrogen-bond donors (Lipinski definition) is 1. The predicted molar refractivity (Wildman–Crippen MR) is 133 cm³/mol. The van der Waals surface area contributed by atoms with Crippen molar-refractivity contribution in [2.24, 2.45) is 17.8 Å². The van der Waals surface area contributed by atoms with Crippen molar-refractivity contribution < 1.29 is 8.42 Å². The number of nitrogens with zero attached hydrogens (tertiary/aromatic N) is 2. The number of likely N-dealkylation sites (tertiary alicyclic amines) is 1. The highest BCUT2D eigenvalue weighted by atomic mass is 32.2. The van der Waals surface area contributed by atoms with Gasteiger partial charge in [-0.2, -0.15) is 0 Å². The van der Waals surface area contributed by atoms with Gasteiger partial charge in [-0.25, -0.2) is 13.1 Å². The third-order valence-electron chi connectivity index (χ3n) is 8.14. The van der Waals surface area contributed by atoms with Gasteiger partial charge in [-0.05, 0) is 87.2 Å². The molecule has 2 aromatic carbocycles. The van der Waals surface area contributed by atoms with Crippen LogP contribution in [0.1, 0.15) is 31.2 Å². The molecule has 0 saturated carbocycles. The lowest BCUT2D eigenvalue weighted by Crippen LogP contribution is -2.58. The van der Waals surface area contributed by atoms with Crippen LogP contribution >= 0.6 is 0 Å². The first-order valence-electron chi connectivity index (χ1n) is 12.6. The van der Waals surface area contributed by atoms with E-state index < -0.39 is 10.0 Å². The van der Waals surface area contributed by atoms with E-state index in [1.165, 1.54) is 50.9 Å². The van der Waals surface area contributed by atoms with E-state index in [-0.39, 0.29) is 0 Å². The third-order valence-corrected chi connectivity index (χ3v) is 9.58. The third kappa shape index (κ3) is 5.68. The fourth-order valence-corrected chi connectivity index (χ4v) is 7.30. The molecule has 4 atom stereocenters. The second-order valence-corrected chi connectivity index (χ2v) is 12.1. The molecule has 0 radical (unpaired) electrons. The minimum Gasteiger partial charge on any atom is -0.303 e. The zero-order valence-electron chi connectivity index (χ0n) is 19.5. The van der Waals surface area contributed by atoms with Gasteiger partial charge in [0.1, 0.15) is 0 Å². The highest BCUT2D eigenvalue weighted by Crippen LogP contribution is 2.37. The molecule has 0 aromatic heterocycles. The Morgan fingerprint density at radius 2 is 1.58 bits per heavy atom. The summed E-state index contributed by atoms with van der Waals surface area (Å²) in [6.07, 6.45) is 6.21. The summed E-state index contributed by atoms with van der Waals surface area (Å²) in [6, 6.07) is 20.0. The van der Waals surface area contributed by atoms with E-state index >= 15 is 0 Å². The molecule has 4 aliphatic rings. The first-order valence-corrected chi connectivity index (χ1v) is 14.1. The van der Waals surface area contributed by atoms with Crippen LogP contribution in [0.2, 0.25) is 0 Å². The Labute approximate surface area is 199 Å². The number of benzene rings is 2. The van der Waals surface area contributed by atoms with Crippen LogP contribution in [0.4, 0.5) is 0 Å². The first kappa shape index (κ1) is 23.0. The standard InChI is InChI=1S/C27H37N3O2S/c31-33(32,27-9-5-2-6-10-27)28-19-26-18-24-13-16-30(26)21-25(24)20-29-14-11-23(12-15-29)17-22-7-3-1-4-8-22/h1-10,23-26,28H,11-21H2/t24-,25-,26+/m0/s1. The van der Waals surface area contributed by atoms with E-state index in [2.05, 4.69) is 44.9 Å². The average Bonchev–Trinajstić information content (AvgIpc) is 2.86. The van der Waals surface area contributed by atoms with E-state index in [9.17, 15) is 8.42 Å². The molecule has 1 unspecified atom stereocenters. The summed E-state index contributed by atoms with van der Waals surface area (Å²) in [5.74, 6) is 2.27. The van der Waals surface area contributed by atoms with Gasteiger partial charge >= 0.3 is 0 Å². The lowest BCUT2D eigenvalue weighted by molar-refractivity contribution is -0.0139. The molecule has 1 N–H and O–H groups in total. The molecule has 2 aromatic rings. The van der Waals surface area contributed by atoms with Crippen LogP contribution in [0.25, 0.3) is 0 Å². The average molecular weight is 468 g/mol. The number of sulfonamides is 1. The Bertz CT molecular complexity index is 991. The maximum atomic E-state index is 12.6. The number of piperidine rings is 4. The molecule has 178 valence electrons. The van der Waals surface area contributed by atoms with Crippen molar-refractivity contribution in [3.63, 3.8) is 0 Å². The number of nitrogens with one attached hydrogen (secondary N) is 1. The maximum absolute atomic E-state index is 12.6. The summed E-state index contributed by atoms with van der Waals surface area (Å²) in [5.41, 5.74) is 1.47. The van der Waals surface area contributed by atoms with Crippen LogP contribution in [0.5, 0.6) is 0 Å². The summed E-state index contributed by atoms with van der Waals surface area (Å²) >= 11 is 0. The molecule has 4 heterocycles. The minimum atomic E-state index is -3.43. The topological polar surface area (TPSA) is 52.7 Å². The molecule has 0 spiro atoms. The summed E-state index contributed by atoms with van der Waals surface area (Å²) in [6.45, 7) is 6.40. The summed E-state index contributed by atoms with van der Waals surface area (Å²) in [7, 11) is -3.43. The quantitative estimate of drug-likeness (QED) is 0.644. The van der Waals surface area contributed by atoms with Crippen molar-refractivity contribution in [2.45, 2.75) is 43.0 Å². The van der Waals surface area contributed by atoms with Crippen molar-refractivity contribution >= 4 is 10.0 Å². The molecule has 5 nitrogen and oxygen atoms in total. The van der Waals surface area contributed by atoms with Gasteiger partial charge in [-0.3, -0.25) is 4.90 Å². The van der Waals surface area contributed by atoms with Crippen LogP contribution < -0.4 is 4.72 Å². The van der Waals surface area contributed by atoms with Gasteiger partial charge in [0, 0.05) is 25.7 Å². The molecule has 4 aliphatic heterocycles. The van der Waals surface area contributed by atoms with Gasteiger partial charge in [0.15, 0.2) is 0 Å². The SMILES string of the molecule is O=S(=O)(NC[C@H]1C[C@@H]2CCN1C[C@@H]2CN1CCC(Cc2ccccc2)CC1)c1ccccc1. The van der Waals surface area contributed by atoms with Crippen molar-refractivity contribution in [3.8, 4) is 0 Å². The number of rotatable bonds is 8. The van der Waals surface area contributed by atoms with Gasteiger partial charge in [0.25, 0.3) is 0 Å². The predicted octanol–water partition coefficient (Wildman–Crippen LogP) is 3.63. The largest absolute Gasteiger partial charge is 0.303 e. The summed E-state index contributed by atoms with van der Waals surface area (Å²) in [4.78, 5) is 5.59. The molecule has 2 bridgehead atoms. The molecular weight excluding hydrogens is 430 g/mol. The Kier molecular flexibility index (Phi) is 7.16. The van der Waals surface area contributed by atoms with Crippen LogP contribution in [0.15, 0.2) is 65.6 Å². The van der Waals surface area contributed by atoms with E-state index in [0.29, 0.717) is 17.5 Å². The molecule has 6 heteroatoms. The molecule has 0 amide bonds. The Morgan fingerprint density at radius 3 is 2.24 bits per heavy atom. The second-order valence-electron chi connectivity index (χ2n) is 10.3. The Morgan fingerprint density at radius 1 is 0.879 bits per heavy atom. The molecular formula is C27H37N3O2S. The van der Waals surface area contributed by atoms with Crippen LogP contribution in [-0.2, 0) is 16.4 Å². The minimum absolute atomic E-state index is 0.329. The van der Waals surface area contributed by atoms with E-state index in [1.54, 1.807) is 24.3 Å². The van der Waals surface area contributed by atoms with Gasteiger partial charge in [0.2, 0.25) is 10.0 Å². The van der Waals surface area contributed by atoms with E-state index in [4.69, 9.17) is 0 Å². The van der Waals surface area contributed by atoms with E-state index in [0.717, 1.165) is 37.3 Å². The molecule has 4 saturated heterocycles. The number of hydrogen-bond acceptors (Lipinski definition) is 4. The van der Waals surface area contributed by atoms with Crippen molar-refractivity contribution in [1.82, 2.24) is 14.5 Å². The summed E-state index contributed by atoms with van der Waals surface area (Å²) in [5, 5.41) is 0. The molecule has 33 heavy (non-hydrogen) atoms. The highest BCUT2D eigenvalue weighted by Gasteiger charge is 2.41. The fraction of sp³-hybridized carbons (Fsp3) is 0.556. The summed E-state index contributed by atoms with van der Waals surface area (Å²) < 4.78 is 28.1. The second kappa shape index (κ2) is 10.3. The van der Waals surface area contributed by atoms with Gasteiger partial charge in [-0.1, -0.05) is 48.5 Å². The van der Waals surface area contributed by atoms with Gasteiger partial charge < -0.3 is 4.90 Å². The molecule has 6 rings (SSSR count). The Hall–Kier alpha value is -1.73. The zero-order valence-corrected chi connectivity index (χ0v) is 20.3. The monoisotopic (exact) mass is 467 g/mol. The normalized spacial score (nSPS) is 28.7. The maximum Gasteiger partial charge on any atom is 0.240 e.